The van der Waals surface area contributed by atoms with Gasteiger partial charge in [0.1, 0.15) is 5.75 Å². The SMILES string of the molecule is CC(C)Oc1ccc(CNC(=O)NCCCN2CCOCC2)cc1. The topological polar surface area (TPSA) is 62.8 Å². The molecule has 6 nitrogen and oxygen atoms in total. The van der Waals surface area contributed by atoms with Crippen LogP contribution in [-0.4, -0.2) is 56.4 Å². The Morgan fingerprint density at radius 2 is 1.92 bits per heavy atom. The molecule has 1 aromatic rings. The highest BCUT2D eigenvalue weighted by Gasteiger charge is 2.09. The molecule has 0 aromatic heterocycles. The molecule has 134 valence electrons. The van der Waals surface area contributed by atoms with Gasteiger partial charge < -0.3 is 20.1 Å². The number of carbonyl (C=O) groups is 1. The van der Waals surface area contributed by atoms with E-state index in [0.29, 0.717) is 13.1 Å². The van der Waals surface area contributed by atoms with Crippen molar-refractivity contribution in [2.75, 3.05) is 39.4 Å². The van der Waals surface area contributed by atoms with Crippen molar-refractivity contribution in [3.63, 3.8) is 0 Å². The molecule has 0 atom stereocenters. The quantitative estimate of drug-likeness (QED) is 0.713. The van der Waals surface area contributed by atoms with Crippen molar-refractivity contribution in [3.8, 4) is 5.75 Å². The molecule has 2 N–H and O–H groups in total. The predicted octanol–water partition coefficient (Wildman–Crippen LogP) is 2.00. The minimum atomic E-state index is -0.125. The maximum atomic E-state index is 11.8. The number of hydrogen-bond acceptors (Lipinski definition) is 4. The fraction of sp³-hybridized carbons (Fsp3) is 0.611. The third-order valence-corrected chi connectivity index (χ3v) is 3.79. The van der Waals surface area contributed by atoms with Crippen molar-refractivity contribution in [1.82, 2.24) is 15.5 Å². The van der Waals surface area contributed by atoms with Crippen molar-refractivity contribution >= 4 is 6.03 Å². The van der Waals surface area contributed by atoms with E-state index in [1.54, 1.807) is 0 Å². The molecule has 1 aromatic carbocycles. The monoisotopic (exact) mass is 335 g/mol. The molecule has 2 amide bonds. The van der Waals surface area contributed by atoms with Crippen LogP contribution in [0.2, 0.25) is 0 Å². The largest absolute Gasteiger partial charge is 0.491 e. The lowest BCUT2D eigenvalue weighted by Gasteiger charge is -2.26. The van der Waals surface area contributed by atoms with Crippen LogP contribution in [0, 0.1) is 0 Å². The zero-order chi connectivity index (χ0) is 17.2. The van der Waals surface area contributed by atoms with E-state index in [1.165, 1.54) is 0 Å². The van der Waals surface area contributed by atoms with E-state index in [0.717, 1.165) is 50.6 Å². The Kier molecular flexibility index (Phi) is 7.85. The van der Waals surface area contributed by atoms with Gasteiger partial charge in [0.15, 0.2) is 0 Å². The van der Waals surface area contributed by atoms with Gasteiger partial charge >= 0.3 is 6.03 Å². The summed E-state index contributed by atoms with van der Waals surface area (Å²) in [6, 6.07) is 7.67. The van der Waals surface area contributed by atoms with Crippen LogP contribution in [0.3, 0.4) is 0 Å². The first kappa shape index (κ1) is 18.5. The average molecular weight is 335 g/mol. The van der Waals surface area contributed by atoms with Gasteiger partial charge in [0.25, 0.3) is 0 Å². The number of hydrogen-bond donors (Lipinski definition) is 2. The van der Waals surface area contributed by atoms with Gasteiger partial charge in [-0.15, -0.1) is 0 Å². The first-order valence-corrected chi connectivity index (χ1v) is 8.71. The summed E-state index contributed by atoms with van der Waals surface area (Å²) in [4.78, 5) is 14.2. The van der Waals surface area contributed by atoms with Crippen molar-refractivity contribution in [2.45, 2.75) is 32.9 Å². The van der Waals surface area contributed by atoms with Crippen LogP contribution in [0.4, 0.5) is 4.79 Å². The van der Waals surface area contributed by atoms with E-state index in [4.69, 9.17) is 9.47 Å². The van der Waals surface area contributed by atoms with Gasteiger partial charge in [-0.3, -0.25) is 4.90 Å². The zero-order valence-electron chi connectivity index (χ0n) is 14.7. The number of nitrogens with one attached hydrogen (secondary N) is 2. The number of amides is 2. The minimum Gasteiger partial charge on any atom is -0.491 e. The Morgan fingerprint density at radius 1 is 1.21 bits per heavy atom. The zero-order valence-corrected chi connectivity index (χ0v) is 14.7. The second-order valence-corrected chi connectivity index (χ2v) is 6.23. The van der Waals surface area contributed by atoms with Crippen molar-refractivity contribution < 1.29 is 14.3 Å². The molecule has 1 fully saturated rings. The van der Waals surface area contributed by atoms with E-state index in [1.807, 2.05) is 38.1 Å². The van der Waals surface area contributed by atoms with E-state index >= 15 is 0 Å². The molecule has 6 heteroatoms. The normalized spacial score (nSPS) is 15.3. The average Bonchev–Trinajstić information content (AvgIpc) is 2.58. The Balaban J connectivity index is 1.57. The molecule has 1 aliphatic rings. The molecular formula is C18H29N3O3. The number of rotatable bonds is 8. The molecule has 0 aliphatic carbocycles. The van der Waals surface area contributed by atoms with Crippen molar-refractivity contribution in [2.24, 2.45) is 0 Å². The lowest BCUT2D eigenvalue weighted by molar-refractivity contribution is 0.0375. The number of carbonyl (C=O) groups excluding carboxylic acids is 1. The molecule has 0 radical (unpaired) electrons. The molecule has 0 unspecified atom stereocenters. The number of nitrogens with zero attached hydrogens (tertiary/aromatic N) is 1. The van der Waals surface area contributed by atoms with Gasteiger partial charge in [0.05, 0.1) is 19.3 Å². The van der Waals surface area contributed by atoms with Gasteiger partial charge in [-0.1, -0.05) is 12.1 Å². The molecule has 1 aliphatic heterocycles. The Hall–Kier alpha value is -1.79. The lowest BCUT2D eigenvalue weighted by Crippen LogP contribution is -2.39. The van der Waals surface area contributed by atoms with Gasteiger partial charge in [0, 0.05) is 26.2 Å². The van der Waals surface area contributed by atoms with Gasteiger partial charge in [-0.2, -0.15) is 0 Å². The smallest absolute Gasteiger partial charge is 0.315 e. The van der Waals surface area contributed by atoms with E-state index in [-0.39, 0.29) is 12.1 Å². The summed E-state index contributed by atoms with van der Waals surface area (Å²) in [6.45, 7) is 9.80. The van der Waals surface area contributed by atoms with Crippen LogP contribution >= 0.6 is 0 Å². The molecule has 24 heavy (non-hydrogen) atoms. The molecule has 1 saturated heterocycles. The summed E-state index contributed by atoms with van der Waals surface area (Å²) in [5.74, 6) is 0.848. The van der Waals surface area contributed by atoms with Crippen LogP contribution in [-0.2, 0) is 11.3 Å². The molecule has 0 saturated carbocycles. The van der Waals surface area contributed by atoms with Crippen molar-refractivity contribution in [3.05, 3.63) is 29.8 Å². The predicted molar refractivity (Wildman–Crippen MR) is 94.3 cm³/mol. The molecule has 1 heterocycles. The van der Waals surface area contributed by atoms with Gasteiger partial charge in [0.2, 0.25) is 0 Å². The Bertz CT molecular complexity index is 485. The number of morpholine rings is 1. The lowest BCUT2D eigenvalue weighted by atomic mass is 10.2. The van der Waals surface area contributed by atoms with E-state index < -0.39 is 0 Å². The van der Waals surface area contributed by atoms with Crippen molar-refractivity contribution in [1.29, 1.82) is 0 Å². The third kappa shape index (κ3) is 7.19. The van der Waals surface area contributed by atoms with Crippen LogP contribution < -0.4 is 15.4 Å². The summed E-state index contributed by atoms with van der Waals surface area (Å²) < 4.78 is 10.9. The maximum absolute atomic E-state index is 11.8. The summed E-state index contributed by atoms with van der Waals surface area (Å²) in [6.07, 6.45) is 1.12. The summed E-state index contributed by atoms with van der Waals surface area (Å²) in [5, 5.41) is 5.77. The molecule has 0 bridgehead atoms. The third-order valence-electron chi connectivity index (χ3n) is 3.79. The van der Waals surface area contributed by atoms with Crippen LogP contribution in [0.25, 0.3) is 0 Å². The fourth-order valence-corrected chi connectivity index (χ4v) is 2.53. The van der Waals surface area contributed by atoms with Crippen LogP contribution in [0.15, 0.2) is 24.3 Å². The Morgan fingerprint density at radius 3 is 2.58 bits per heavy atom. The maximum Gasteiger partial charge on any atom is 0.315 e. The van der Waals surface area contributed by atoms with Crippen LogP contribution in [0.1, 0.15) is 25.8 Å². The van der Waals surface area contributed by atoms with E-state index in [9.17, 15) is 4.79 Å². The number of urea groups is 1. The highest BCUT2D eigenvalue weighted by Crippen LogP contribution is 2.13. The van der Waals surface area contributed by atoms with Gasteiger partial charge in [-0.05, 0) is 44.5 Å². The van der Waals surface area contributed by atoms with E-state index in [2.05, 4.69) is 15.5 Å². The highest BCUT2D eigenvalue weighted by atomic mass is 16.5. The first-order chi connectivity index (χ1) is 11.6. The first-order valence-electron chi connectivity index (χ1n) is 8.71. The Labute approximate surface area is 144 Å². The fourth-order valence-electron chi connectivity index (χ4n) is 2.53. The number of benzene rings is 1. The molecule has 0 spiro atoms. The summed E-state index contributed by atoms with van der Waals surface area (Å²) in [7, 11) is 0. The summed E-state index contributed by atoms with van der Waals surface area (Å²) >= 11 is 0. The highest BCUT2D eigenvalue weighted by molar-refractivity contribution is 5.73. The molecule has 2 rings (SSSR count). The van der Waals surface area contributed by atoms with Crippen LogP contribution in [0.5, 0.6) is 5.75 Å². The standard InChI is InChI=1S/C18H29N3O3/c1-15(2)24-17-6-4-16(5-7-17)14-20-18(22)19-8-3-9-21-10-12-23-13-11-21/h4-7,15H,3,8-14H2,1-2H3,(H2,19,20,22). The second-order valence-electron chi connectivity index (χ2n) is 6.23. The second kappa shape index (κ2) is 10.2. The molecular weight excluding hydrogens is 306 g/mol. The summed E-state index contributed by atoms with van der Waals surface area (Å²) in [5.41, 5.74) is 1.05. The van der Waals surface area contributed by atoms with Gasteiger partial charge in [-0.25, -0.2) is 4.79 Å². The minimum absolute atomic E-state index is 0.125. The number of ether oxygens (including phenoxy) is 2.